The summed E-state index contributed by atoms with van der Waals surface area (Å²) in [6.45, 7) is 1.11. The molecule has 0 spiro atoms. The Labute approximate surface area is 71.1 Å². The number of ether oxygens (including phenoxy) is 1. The van der Waals surface area contributed by atoms with Crippen molar-refractivity contribution in [1.29, 1.82) is 0 Å². The SMILES string of the molecule is Oc1cccc2c1COCC=C2. The van der Waals surface area contributed by atoms with Crippen molar-refractivity contribution in [2.24, 2.45) is 0 Å². The van der Waals surface area contributed by atoms with Crippen molar-refractivity contribution in [3.8, 4) is 5.75 Å². The highest BCUT2D eigenvalue weighted by atomic mass is 16.5. The van der Waals surface area contributed by atoms with E-state index in [-0.39, 0.29) is 0 Å². The molecule has 0 unspecified atom stereocenters. The average molecular weight is 162 g/mol. The number of aromatic hydroxyl groups is 1. The van der Waals surface area contributed by atoms with Gasteiger partial charge >= 0.3 is 0 Å². The van der Waals surface area contributed by atoms with Crippen LogP contribution in [0.15, 0.2) is 24.3 Å². The molecule has 1 N–H and O–H groups in total. The van der Waals surface area contributed by atoms with Gasteiger partial charge in [-0.1, -0.05) is 24.3 Å². The van der Waals surface area contributed by atoms with Gasteiger partial charge in [0.15, 0.2) is 0 Å². The molecular formula is C10H10O2. The summed E-state index contributed by atoms with van der Waals surface area (Å²) in [7, 11) is 0. The molecule has 0 saturated heterocycles. The highest BCUT2D eigenvalue weighted by Gasteiger charge is 2.07. The van der Waals surface area contributed by atoms with Crippen LogP contribution >= 0.6 is 0 Å². The molecule has 1 aliphatic rings. The average Bonchev–Trinajstić information content (AvgIpc) is 2.30. The zero-order valence-corrected chi connectivity index (χ0v) is 6.66. The first kappa shape index (κ1) is 7.37. The summed E-state index contributed by atoms with van der Waals surface area (Å²) in [4.78, 5) is 0. The lowest BCUT2D eigenvalue weighted by Crippen LogP contribution is -1.92. The van der Waals surface area contributed by atoms with Gasteiger partial charge in [-0.3, -0.25) is 0 Å². The lowest BCUT2D eigenvalue weighted by Gasteiger charge is -2.05. The van der Waals surface area contributed by atoms with Crippen molar-refractivity contribution in [2.45, 2.75) is 6.61 Å². The first-order chi connectivity index (χ1) is 5.88. The molecule has 0 aromatic heterocycles. The van der Waals surface area contributed by atoms with Crippen LogP contribution in [0.5, 0.6) is 5.75 Å². The molecular weight excluding hydrogens is 152 g/mol. The maximum atomic E-state index is 9.47. The fourth-order valence-corrected chi connectivity index (χ4v) is 1.31. The van der Waals surface area contributed by atoms with E-state index in [1.165, 1.54) is 0 Å². The maximum absolute atomic E-state index is 9.47. The Kier molecular flexibility index (Phi) is 1.84. The minimum absolute atomic E-state index is 0.319. The Balaban J connectivity index is 2.52. The number of phenolic OH excluding ortho intramolecular Hbond substituents is 1. The van der Waals surface area contributed by atoms with Crippen molar-refractivity contribution >= 4 is 6.08 Å². The third kappa shape index (κ3) is 1.21. The van der Waals surface area contributed by atoms with Gasteiger partial charge in [0.05, 0.1) is 13.2 Å². The van der Waals surface area contributed by atoms with Gasteiger partial charge in [-0.05, 0) is 11.6 Å². The van der Waals surface area contributed by atoms with Crippen LogP contribution in [0, 0.1) is 0 Å². The third-order valence-corrected chi connectivity index (χ3v) is 1.95. The molecule has 0 aliphatic carbocycles. The summed E-state index contributed by atoms with van der Waals surface area (Å²) < 4.78 is 5.25. The van der Waals surface area contributed by atoms with E-state index in [1.54, 1.807) is 6.07 Å². The smallest absolute Gasteiger partial charge is 0.121 e. The minimum atomic E-state index is 0.319. The first-order valence-corrected chi connectivity index (χ1v) is 3.93. The molecule has 0 atom stereocenters. The topological polar surface area (TPSA) is 29.5 Å². The number of benzene rings is 1. The molecule has 62 valence electrons. The molecule has 2 heteroatoms. The van der Waals surface area contributed by atoms with Crippen LogP contribution in [0.1, 0.15) is 11.1 Å². The van der Waals surface area contributed by atoms with Gasteiger partial charge < -0.3 is 9.84 Å². The van der Waals surface area contributed by atoms with Crippen molar-refractivity contribution in [3.63, 3.8) is 0 Å². The monoisotopic (exact) mass is 162 g/mol. The van der Waals surface area contributed by atoms with Crippen LogP contribution < -0.4 is 0 Å². The Morgan fingerprint density at radius 1 is 1.33 bits per heavy atom. The van der Waals surface area contributed by atoms with E-state index in [0.717, 1.165) is 11.1 Å². The Bertz CT molecular complexity index is 316. The first-order valence-electron chi connectivity index (χ1n) is 3.93. The van der Waals surface area contributed by atoms with Crippen LogP contribution in [-0.2, 0) is 11.3 Å². The maximum Gasteiger partial charge on any atom is 0.121 e. The quantitative estimate of drug-likeness (QED) is 0.631. The van der Waals surface area contributed by atoms with Crippen LogP contribution in [0.4, 0.5) is 0 Å². The lowest BCUT2D eigenvalue weighted by atomic mass is 10.1. The second-order valence-electron chi connectivity index (χ2n) is 2.76. The van der Waals surface area contributed by atoms with Crippen molar-refractivity contribution in [1.82, 2.24) is 0 Å². The van der Waals surface area contributed by atoms with E-state index in [9.17, 15) is 5.11 Å². The van der Waals surface area contributed by atoms with Gasteiger partial charge in [0, 0.05) is 5.56 Å². The normalized spacial score (nSPS) is 15.3. The highest BCUT2D eigenvalue weighted by Crippen LogP contribution is 2.24. The summed E-state index contributed by atoms with van der Waals surface area (Å²) in [5.74, 6) is 0.319. The summed E-state index contributed by atoms with van der Waals surface area (Å²) in [5.41, 5.74) is 1.93. The number of fused-ring (bicyclic) bond motifs is 1. The fraction of sp³-hybridized carbons (Fsp3) is 0.200. The molecule has 0 bridgehead atoms. The molecule has 2 rings (SSSR count). The fourth-order valence-electron chi connectivity index (χ4n) is 1.31. The van der Waals surface area contributed by atoms with Gasteiger partial charge in [-0.25, -0.2) is 0 Å². The summed E-state index contributed by atoms with van der Waals surface area (Å²) in [6, 6.07) is 5.49. The largest absolute Gasteiger partial charge is 0.508 e. The molecule has 0 saturated carbocycles. The van der Waals surface area contributed by atoms with E-state index >= 15 is 0 Å². The minimum Gasteiger partial charge on any atom is -0.508 e. The van der Waals surface area contributed by atoms with Gasteiger partial charge in [0.1, 0.15) is 5.75 Å². The number of rotatable bonds is 0. The lowest BCUT2D eigenvalue weighted by molar-refractivity contribution is 0.148. The van der Waals surface area contributed by atoms with Gasteiger partial charge in [0.25, 0.3) is 0 Å². The molecule has 1 aliphatic heterocycles. The Morgan fingerprint density at radius 2 is 2.25 bits per heavy atom. The van der Waals surface area contributed by atoms with Gasteiger partial charge in [-0.15, -0.1) is 0 Å². The molecule has 1 aromatic carbocycles. The molecule has 12 heavy (non-hydrogen) atoms. The molecule has 1 heterocycles. The van der Waals surface area contributed by atoms with E-state index in [4.69, 9.17) is 4.74 Å². The van der Waals surface area contributed by atoms with E-state index in [1.807, 2.05) is 24.3 Å². The second-order valence-corrected chi connectivity index (χ2v) is 2.76. The van der Waals surface area contributed by atoms with E-state index in [2.05, 4.69) is 0 Å². The van der Waals surface area contributed by atoms with Gasteiger partial charge in [-0.2, -0.15) is 0 Å². The van der Waals surface area contributed by atoms with Crippen LogP contribution in [0.25, 0.3) is 6.08 Å². The summed E-state index contributed by atoms with van der Waals surface area (Å²) in [6.07, 6.45) is 3.92. The molecule has 0 amide bonds. The number of phenols is 1. The molecule has 1 aromatic rings. The van der Waals surface area contributed by atoms with E-state index in [0.29, 0.717) is 19.0 Å². The summed E-state index contributed by atoms with van der Waals surface area (Å²) >= 11 is 0. The molecule has 0 fully saturated rings. The second kappa shape index (κ2) is 2.99. The predicted molar refractivity (Wildman–Crippen MR) is 46.8 cm³/mol. The number of hydrogen-bond donors (Lipinski definition) is 1. The van der Waals surface area contributed by atoms with Gasteiger partial charge in [0.2, 0.25) is 0 Å². The molecule has 2 nitrogen and oxygen atoms in total. The van der Waals surface area contributed by atoms with E-state index < -0.39 is 0 Å². The third-order valence-electron chi connectivity index (χ3n) is 1.95. The standard InChI is InChI=1S/C10H10O2/c11-10-5-1-3-8-4-2-6-12-7-9(8)10/h1-5,11H,6-7H2. The highest BCUT2D eigenvalue weighted by molar-refractivity contribution is 5.58. The zero-order chi connectivity index (χ0) is 8.39. The van der Waals surface area contributed by atoms with Crippen LogP contribution in [-0.4, -0.2) is 11.7 Å². The summed E-state index contributed by atoms with van der Waals surface area (Å²) in [5, 5.41) is 9.47. The van der Waals surface area contributed by atoms with Crippen LogP contribution in [0.2, 0.25) is 0 Å². The zero-order valence-electron chi connectivity index (χ0n) is 6.66. The van der Waals surface area contributed by atoms with Crippen molar-refractivity contribution < 1.29 is 9.84 Å². The number of hydrogen-bond acceptors (Lipinski definition) is 2. The Hall–Kier alpha value is -1.28. The van der Waals surface area contributed by atoms with Crippen LogP contribution in [0.3, 0.4) is 0 Å². The van der Waals surface area contributed by atoms with Crippen molar-refractivity contribution in [3.05, 3.63) is 35.4 Å². The Morgan fingerprint density at radius 3 is 3.17 bits per heavy atom. The van der Waals surface area contributed by atoms with Crippen molar-refractivity contribution in [2.75, 3.05) is 6.61 Å². The molecule has 0 radical (unpaired) electrons. The predicted octanol–water partition coefficient (Wildman–Crippen LogP) is 1.94.